The molecule has 0 aliphatic carbocycles. The summed E-state index contributed by atoms with van der Waals surface area (Å²) in [6.07, 6.45) is 0.775. The van der Waals surface area contributed by atoms with Crippen molar-refractivity contribution in [3.05, 3.63) is 56.2 Å². The number of H-pyrrole nitrogens is 1. The number of hydrogen-bond acceptors (Lipinski definition) is 4. The first-order chi connectivity index (χ1) is 10.0. The highest BCUT2D eigenvalue weighted by molar-refractivity contribution is 5.60. The molecule has 1 aromatic heterocycles. The standard InChI is InChI=1S/C15H20N4O2/c1-3-19-13(16)12(14(20)18-15(19)21)17-9-8-11-7-5-4-6-10(11)2/h4-7,17H,3,8-9,16H2,1-2H3,(H,18,20,21). The first kappa shape index (κ1) is 14.9. The molecule has 6 heteroatoms. The summed E-state index contributed by atoms with van der Waals surface area (Å²) in [5.74, 6) is 0.177. The maximum absolute atomic E-state index is 11.8. The summed E-state index contributed by atoms with van der Waals surface area (Å²) < 4.78 is 1.33. The summed E-state index contributed by atoms with van der Waals surface area (Å²) in [6.45, 7) is 4.83. The van der Waals surface area contributed by atoms with Gasteiger partial charge in [0.1, 0.15) is 11.5 Å². The zero-order valence-corrected chi connectivity index (χ0v) is 12.3. The van der Waals surface area contributed by atoms with Crippen LogP contribution >= 0.6 is 0 Å². The fourth-order valence-electron chi connectivity index (χ4n) is 2.29. The van der Waals surface area contributed by atoms with Crippen molar-refractivity contribution < 1.29 is 0 Å². The quantitative estimate of drug-likeness (QED) is 0.768. The predicted molar refractivity (Wildman–Crippen MR) is 84.8 cm³/mol. The van der Waals surface area contributed by atoms with Crippen LogP contribution in [0.5, 0.6) is 0 Å². The number of nitrogens with zero attached hydrogens (tertiary/aromatic N) is 1. The molecular formula is C15H20N4O2. The monoisotopic (exact) mass is 288 g/mol. The first-order valence-corrected chi connectivity index (χ1v) is 6.95. The lowest BCUT2D eigenvalue weighted by atomic mass is 10.1. The number of aromatic nitrogens is 2. The van der Waals surface area contributed by atoms with Gasteiger partial charge in [-0.25, -0.2) is 4.79 Å². The number of benzene rings is 1. The molecule has 0 saturated carbocycles. The van der Waals surface area contributed by atoms with Crippen molar-refractivity contribution in [2.24, 2.45) is 0 Å². The van der Waals surface area contributed by atoms with E-state index in [-0.39, 0.29) is 11.5 Å². The van der Waals surface area contributed by atoms with E-state index in [1.807, 2.05) is 25.1 Å². The maximum Gasteiger partial charge on any atom is 0.330 e. The molecule has 6 nitrogen and oxygen atoms in total. The lowest BCUT2D eigenvalue weighted by Crippen LogP contribution is -2.34. The molecule has 0 aliphatic rings. The lowest BCUT2D eigenvalue weighted by Gasteiger charge is -2.13. The van der Waals surface area contributed by atoms with Crippen molar-refractivity contribution in [1.82, 2.24) is 9.55 Å². The second kappa shape index (κ2) is 6.30. The van der Waals surface area contributed by atoms with Crippen LogP contribution in [-0.4, -0.2) is 16.1 Å². The minimum absolute atomic E-state index is 0.177. The van der Waals surface area contributed by atoms with Gasteiger partial charge in [0.25, 0.3) is 5.56 Å². The molecule has 4 N–H and O–H groups in total. The number of hydrogen-bond donors (Lipinski definition) is 3. The number of aromatic amines is 1. The molecule has 0 aliphatic heterocycles. The summed E-state index contributed by atoms with van der Waals surface area (Å²) in [4.78, 5) is 25.7. The number of rotatable bonds is 5. The maximum atomic E-state index is 11.8. The Morgan fingerprint density at radius 1 is 1.29 bits per heavy atom. The van der Waals surface area contributed by atoms with Crippen LogP contribution in [0.2, 0.25) is 0 Å². The Morgan fingerprint density at radius 3 is 2.67 bits per heavy atom. The van der Waals surface area contributed by atoms with Crippen LogP contribution in [0.1, 0.15) is 18.1 Å². The summed E-state index contributed by atoms with van der Waals surface area (Å²) in [5.41, 5.74) is 7.60. The zero-order valence-electron chi connectivity index (χ0n) is 12.3. The Hall–Kier alpha value is -2.50. The molecule has 0 bridgehead atoms. The van der Waals surface area contributed by atoms with Gasteiger partial charge in [-0.15, -0.1) is 0 Å². The molecule has 0 amide bonds. The Bertz CT molecular complexity index is 746. The van der Waals surface area contributed by atoms with Gasteiger partial charge >= 0.3 is 5.69 Å². The van der Waals surface area contributed by atoms with E-state index >= 15 is 0 Å². The van der Waals surface area contributed by atoms with Crippen molar-refractivity contribution in [2.75, 3.05) is 17.6 Å². The van der Waals surface area contributed by atoms with E-state index in [0.717, 1.165) is 6.42 Å². The van der Waals surface area contributed by atoms with E-state index in [1.54, 1.807) is 6.92 Å². The molecule has 2 rings (SSSR count). The van der Waals surface area contributed by atoms with Crippen LogP contribution in [0, 0.1) is 6.92 Å². The molecule has 0 unspecified atom stereocenters. The predicted octanol–water partition coefficient (Wildman–Crippen LogP) is 1.10. The van der Waals surface area contributed by atoms with E-state index in [1.165, 1.54) is 15.7 Å². The van der Waals surface area contributed by atoms with Gasteiger partial charge in [0.15, 0.2) is 0 Å². The molecule has 0 radical (unpaired) electrons. The normalized spacial score (nSPS) is 10.6. The topological polar surface area (TPSA) is 92.9 Å². The molecule has 0 atom stereocenters. The highest BCUT2D eigenvalue weighted by Crippen LogP contribution is 2.11. The number of aryl methyl sites for hydroxylation is 1. The SMILES string of the molecule is CCn1c(N)c(NCCc2ccccc2C)c(=O)[nH]c1=O. The Kier molecular flexibility index (Phi) is 4.47. The van der Waals surface area contributed by atoms with E-state index in [4.69, 9.17) is 5.73 Å². The number of nitrogen functional groups attached to an aromatic ring is 1. The van der Waals surface area contributed by atoms with Crippen LogP contribution in [0.15, 0.2) is 33.9 Å². The minimum atomic E-state index is -0.482. The number of nitrogens with one attached hydrogen (secondary N) is 2. The van der Waals surface area contributed by atoms with Crippen molar-refractivity contribution in [3.63, 3.8) is 0 Å². The highest BCUT2D eigenvalue weighted by atomic mass is 16.2. The van der Waals surface area contributed by atoms with Gasteiger partial charge in [0.2, 0.25) is 0 Å². The average molecular weight is 288 g/mol. The smallest absolute Gasteiger partial charge is 0.330 e. The summed E-state index contributed by atoms with van der Waals surface area (Å²) in [7, 11) is 0. The summed E-state index contributed by atoms with van der Waals surface area (Å²) in [5, 5.41) is 3.03. The van der Waals surface area contributed by atoms with Crippen molar-refractivity contribution in [2.45, 2.75) is 26.8 Å². The second-order valence-corrected chi connectivity index (χ2v) is 4.87. The first-order valence-electron chi connectivity index (χ1n) is 6.95. The zero-order chi connectivity index (χ0) is 15.4. The van der Waals surface area contributed by atoms with E-state index in [9.17, 15) is 9.59 Å². The Labute approximate surface area is 122 Å². The number of nitrogens with two attached hydrogens (primary N) is 1. The van der Waals surface area contributed by atoms with Crippen LogP contribution < -0.4 is 22.3 Å². The Morgan fingerprint density at radius 2 is 2.00 bits per heavy atom. The number of anilines is 2. The fourth-order valence-corrected chi connectivity index (χ4v) is 2.29. The molecule has 0 saturated heterocycles. The van der Waals surface area contributed by atoms with Crippen molar-refractivity contribution in [1.29, 1.82) is 0 Å². The molecule has 21 heavy (non-hydrogen) atoms. The molecule has 2 aromatic rings. The van der Waals surface area contributed by atoms with Gasteiger partial charge in [-0.05, 0) is 31.4 Å². The van der Waals surface area contributed by atoms with Crippen LogP contribution in [0.25, 0.3) is 0 Å². The highest BCUT2D eigenvalue weighted by Gasteiger charge is 2.10. The van der Waals surface area contributed by atoms with Gasteiger partial charge in [-0.2, -0.15) is 0 Å². The van der Waals surface area contributed by atoms with E-state index < -0.39 is 11.2 Å². The minimum Gasteiger partial charge on any atom is -0.383 e. The third-order valence-electron chi connectivity index (χ3n) is 3.51. The lowest BCUT2D eigenvalue weighted by molar-refractivity contribution is 0.706. The van der Waals surface area contributed by atoms with Gasteiger partial charge in [-0.1, -0.05) is 24.3 Å². The van der Waals surface area contributed by atoms with Crippen LogP contribution in [-0.2, 0) is 13.0 Å². The third kappa shape index (κ3) is 3.16. The third-order valence-corrected chi connectivity index (χ3v) is 3.51. The second-order valence-electron chi connectivity index (χ2n) is 4.87. The average Bonchev–Trinajstić information content (AvgIpc) is 2.44. The van der Waals surface area contributed by atoms with Gasteiger partial charge in [-0.3, -0.25) is 14.3 Å². The molecule has 0 spiro atoms. The molecule has 112 valence electrons. The molecule has 1 aromatic carbocycles. The summed E-state index contributed by atoms with van der Waals surface area (Å²) >= 11 is 0. The van der Waals surface area contributed by atoms with Gasteiger partial charge in [0.05, 0.1) is 0 Å². The van der Waals surface area contributed by atoms with E-state index in [0.29, 0.717) is 13.1 Å². The molecule has 0 fully saturated rings. The molecule has 1 heterocycles. The van der Waals surface area contributed by atoms with Gasteiger partial charge in [0, 0.05) is 13.1 Å². The molecular weight excluding hydrogens is 268 g/mol. The van der Waals surface area contributed by atoms with Crippen molar-refractivity contribution in [3.8, 4) is 0 Å². The fraction of sp³-hybridized carbons (Fsp3) is 0.333. The van der Waals surface area contributed by atoms with Crippen LogP contribution in [0.4, 0.5) is 11.5 Å². The summed E-state index contributed by atoms with van der Waals surface area (Å²) in [6, 6.07) is 8.08. The Balaban J connectivity index is 2.16. The van der Waals surface area contributed by atoms with Crippen molar-refractivity contribution >= 4 is 11.5 Å². The van der Waals surface area contributed by atoms with Crippen LogP contribution in [0.3, 0.4) is 0 Å². The van der Waals surface area contributed by atoms with E-state index in [2.05, 4.69) is 16.4 Å². The largest absolute Gasteiger partial charge is 0.383 e. The van der Waals surface area contributed by atoms with Gasteiger partial charge < -0.3 is 11.1 Å².